The molecule has 2 saturated heterocycles. The van der Waals surface area contributed by atoms with Crippen molar-refractivity contribution in [2.75, 3.05) is 31.3 Å². The molecular formula is C26H32IN7O2. The average Bonchev–Trinajstić information content (AvgIpc) is 3.54. The minimum atomic E-state index is -0.545. The zero-order valence-electron chi connectivity index (χ0n) is 20.7. The van der Waals surface area contributed by atoms with E-state index >= 15 is 0 Å². The van der Waals surface area contributed by atoms with E-state index in [1.807, 2.05) is 21.5 Å². The van der Waals surface area contributed by atoms with Crippen molar-refractivity contribution in [1.29, 1.82) is 0 Å². The van der Waals surface area contributed by atoms with Gasteiger partial charge in [0.15, 0.2) is 17.9 Å². The van der Waals surface area contributed by atoms with Gasteiger partial charge < -0.3 is 19.2 Å². The molecule has 0 aromatic carbocycles. The van der Waals surface area contributed by atoms with Crippen LogP contribution >= 0.6 is 22.6 Å². The number of morpholine rings is 1. The second kappa shape index (κ2) is 9.91. The fraction of sp³-hybridized carbons (Fsp3) is 0.615. The first-order chi connectivity index (χ1) is 17.6. The topological polar surface area (TPSA) is 74.1 Å². The van der Waals surface area contributed by atoms with Gasteiger partial charge in [-0.2, -0.15) is 5.10 Å². The maximum Gasteiger partial charge on any atom is 0.259 e. The molecule has 2 atom stereocenters. The third kappa shape index (κ3) is 4.09. The number of ether oxygens (including phenoxy) is 2. The Morgan fingerprint density at radius 2 is 2.03 bits per heavy atom. The minimum absolute atomic E-state index is 0.0939. The van der Waals surface area contributed by atoms with Gasteiger partial charge in [0.2, 0.25) is 0 Å². The zero-order chi connectivity index (χ0) is 24.7. The first-order valence-corrected chi connectivity index (χ1v) is 14.2. The van der Waals surface area contributed by atoms with Gasteiger partial charge in [-0.05, 0) is 73.8 Å². The fourth-order valence-corrected chi connectivity index (χ4v) is 6.73. The van der Waals surface area contributed by atoms with Crippen LogP contribution in [0.2, 0.25) is 0 Å². The number of rotatable bonds is 4. The normalized spacial score (nSPS) is 24.6. The SMILES string of the molecule is [C-]#[N+]C1(c2cc(N3CCOC[C@H]3C)nn3c(-c4ccnn4C4CCCCO4)nc(I)c23)CCCCC1. The smallest absolute Gasteiger partial charge is 0.259 e. The summed E-state index contributed by atoms with van der Waals surface area (Å²) in [4.78, 5) is 11.7. The molecule has 36 heavy (non-hydrogen) atoms. The Bertz CT molecular complexity index is 1280. The Morgan fingerprint density at radius 1 is 1.17 bits per heavy atom. The first-order valence-electron chi connectivity index (χ1n) is 13.1. The summed E-state index contributed by atoms with van der Waals surface area (Å²) in [6, 6.07) is 4.38. The van der Waals surface area contributed by atoms with Gasteiger partial charge in [0, 0.05) is 32.2 Å². The van der Waals surface area contributed by atoms with E-state index in [1.165, 1.54) is 6.42 Å². The Balaban J connectivity index is 1.57. The molecule has 1 aliphatic carbocycles. The lowest BCUT2D eigenvalue weighted by atomic mass is 9.77. The second-order valence-electron chi connectivity index (χ2n) is 10.2. The molecule has 10 heteroatoms. The molecular weight excluding hydrogens is 569 g/mol. The van der Waals surface area contributed by atoms with Crippen LogP contribution in [0, 0.1) is 10.3 Å². The number of fused-ring (bicyclic) bond motifs is 1. The fourth-order valence-electron chi connectivity index (χ4n) is 5.98. The summed E-state index contributed by atoms with van der Waals surface area (Å²) >= 11 is 2.32. The van der Waals surface area contributed by atoms with Gasteiger partial charge in [0.25, 0.3) is 5.54 Å². The van der Waals surface area contributed by atoms with Gasteiger partial charge in [-0.1, -0.05) is 6.42 Å². The molecule has 9 nitrogen and oxygen atoms in total. The summed E-state index contributed by atoms with van der Waals surface area (Å²) in [5.74, 6) is 1.64. The van der Waals surface area contributed by atoms with Crippen LogP contribution in [0.4, 0.5) is 5.82 Å². The lowest BCUT2D eigenvalue weighted by molar-refractivity contribution is -0.0384. The van der Waals surface area contributed by atoms with Gasteiger partial charge in [-0.15, -0.1) is 5.10 Å². The van der Waals surface area contributed by atoms with Crippen molar-refractivity contribution in [2.45, 2.75) is 76.1 Å². The van der Waals surface area contributed by atoms with E-state index in [0.29, 0.717) is 13.2 Å². The average molecular weight is 601 g/mol. The maximum absolute atomic E-state index is 8.31. The van der Waals surface area contributed by atoms with E-state index in [-0.39, 0.29) is 12.3 Å². The summed E-state index contributed by atoms with van der Waals surface area (Å²) in [6.07, 6.45) is 9.95. The molecule has 1 unspecified atom stereocenters. The standard InChI is InChI=1S/C26H32IN7O2/c1-18-17-35-15-13-32(18)21-16-19(26(28-2)10-5-3-6-11-26)23-24(27)30-25(34(23)31-21)20-9-12-29-33(20)22-8-4-7-14-36-22/h9,12,16,18,22H,3-8,10-11,13-15,17H2,1H3/t18-,22?/m1/s1. The highest BCUT2D eigenvalue weighted by Crippen LogP contribution is 2.45. The second-order valence-corrected chi connectivity index (χ2v) is 11.2. The molecule has 6 rings (SSSR count). The number of hydrogen-bond donors (Lipinski definition) is 0. The van der Waals surface area contributed by atoms with Gasteiger partial charge in [0.05, 0.1) is 24.8 Å². The largest absolute Gasteiger partial charge is 0.377 e. The molecule has 2 aliphatic heterocycles. The number of hydrogen-bond acceptors (Lipinski definition) is 6. The number of aromatic nitrogens is 5. The van der Waals surface area contributed by atoms with Gasteiger partial charge in [0.1, 0.15) is 14.9 Å². The summed E-state index contributed by atoms with van der Waals surface area (Å²) in [7, 11) is 0. The molecule has 0 spiro atoms. The van der Waals surface area contributed by atoms with Crippen LogP contribution < -0.4 is 4.90 Å². The third-order valence-electron chi connectivity index (χ3n) is 7.93. The van der Waals surface area contributed by atoms with E-state index < -0.39 is 5.54 Å². The predicted molar refractivity (Wildman–Crippen MR) is 145 cm³/mol. The quantitative estimate of drug-likeness (QED) is 0.303. The van der Waals surface area contributed by atoms with Crippen molar-refractivity contribution >= 4 is 33.9 Å². The summed E-state index contributed by atoms with van der Waals surface area (Å²) < 4.78 is 16.6. The number of anilines is 1. The van der Waals surface area contributed by atoms with Crippen LogP contribution in [0.1, 0.15) is 70.1 Å². The number of imidazole rings is 1. The first kappa shape index (κ1) is 24.1. The van der Waals surface area contributed by atoms with Crippen LogP contribution in [0.25, 0.3) is 21.9 Å². The molecule has 1 saturated carbocycles. The molecule has 3 aliphatic rings. The number of halogens is 1. The molecule has 0 radical (unpaired) electrons. The highest BCUT2D eigenvalue weighted by atomic mass is 127. The number of nitrogens with zero attached hydrogens (tertiary/aromatic N) is 7. The molecule has 0 N–H and O–H groups in total. The van der Waals surface area contributed by atoms with E-state index in [1.54, 1.807) is 0 Å². The van der Waals surface area contributed by atoms with Crippen molar-refractivity contribution in [1.82, 2.24) is 24.4 Å². The molecule has 190 valence electrons. The van der Waals surface area contributed by atoms with Crippen LogP contribution in [-0.2, 0) is 15.0 Å². The van der Waals surface area contributed by atoms with Crippen molar-refractivity contribution in [3.05, 3.63) is 39.0 Å². The highest BCUT2D eigenvalue weighted by molar-refractivity contribution is 14.1. The monoisotopic (exact) mass is 601 g/mol. The van der Waals surface area contributed by atoms with Crippen LogP contribution in [-0.4, -0.2) is 56.8 Å². The van der Waals surface area contributed by atoms with Crippen molar-refractivity contribution in [3.8, 4) is 11.5 Å². The third-order valence-corrected chi connectivity index (χ3v) is 8.68. The Labute approximate surface area is 225 Å². The van der Waals surface area contributed by atoms with Crippen LogP contribution in [0.5, 0.6) is 0 Å². The molecule has 3 fully saturated rings. The maximum atomic E-state index is 8.31. The van der Waals surface area contributed by atoms with Crippen LogP contribution in [0.3, 0.4) is 0 Å². The predicted octanol–water partition coefficient (Wildman–Crippen LogP) is 5.20. The zero-order valence-corrected chi connectivity index (χ0v) is 22.9. The molecule has 3 aromatic heterocycles. The van der Waals surface area contributed by atoms with E-state index in [4.69, 9.17) is 26.1 Å². The van der Waals surface area contributed by atoms with Gasteiger partial charge in [-0.3, -0.25) is 0 Å². The highest BCUT2D eigenvalue weighted by Gasteiger charge is 2.44. The van der Waals surface area contributed by atoms with Gasteiger partial charge >= 0.3 is 0 Å². The molecule has 0 amide bonds. The Hall–Kier alpha value is -2.23. The van der Waals surface area contributed by atoms with Gasteiger partial charge in [-0.25, -0.2) is 20.8 Å². The summed E-state index contributed by atoms with van der Waals surface area (Å²) in [5, 5.41) is 9.80. The van der Waals surface area contributed by atoms with Crippen LogP contribution in [0.15, 0.2) is 18.3 Å². The summed E-state index contributed by atoms with van der Waals surface area (Å²) in [5.41, 5.74) is 2.36. The van der Waals surface area contributed by atoms with E-state index in [9.17, 15) is 0 Å². The van der Waals surface area contributed by atoms with E-state index in [2.05, 4.69) is 50.4 Å². The Morgan fingerprint density at radius 3 is 2.78 bits per heavy atom. The minimum Gasteiger partial charge on any atom is -0.377 e. The molecule has 3 aromatic rings. The molecule has 5 heterocycles. The lowest BCUT2D eigenvalue weighted by Crippen LogP contribution is -2.44. The van der Waals surface area contributed by atoms with Crippen molar-refractivity contribution in [3.63, 3.8) is 0 Å². The van der Waals surface area contributed by atoms with E-state index in [0.717, 1.165) is 90.2 Å². The van der Waals surface area contributed by atoms with Crippen molar-refractivity contribution < 1.29 is 9.47 Å². The van der Waals surface area contributed by atoms with Crippen molar-refractivity contribution in [2.24, 2.45) is 0 Å². The Kier molecular flexibility index (Phi) is 6.64. The summed E-state index contributed by atoms with van der Waals surface area (Å²) in [6.45, 7) is 13.3. The molecule has 0 bridgehead atoms. The lowest BCUT2D eigenvalue weighted by Gasteiger charge is -2.35.